The Kier molecular flexibility index (Phi) is 1.42. The molecule has 0 radical (unpaired) electrons. The zero-order valence-electron chi connectivity index (χ0n) is 4.97. The van der Waals surface area contributed by atoms with Crippen LogP contribution in [0.2, 0.25) is 0 Å². The minimum Gasteiger partial charge on any atom is -0.375 e. The molecule has 0 saturated heterocycles. The SMILES string of the molecule is N#CC(O)C1(F)CCC1. The smallest absolute Gasteiger partial charge is 0.174 e. The lowest BCUT2D eigenvalue weighted by Gasteiger charge is -2.34. The van der Waals surface area contributed by atoms with Crippen molar-refractivity contribution in [1.29, 1.82) is 5.26 Å². The third-order valence-electron chi connectivity index (χ3n) is 1.80. The van der Waals surface area contributed by atoms with Gasteiger partial charge in [-0.15, -0.1) is 0 Å². The van der Waals surface area contributed by atoms with Crippen LogP contribution in [0.3, 0.4) is 0 Å². The van der Waals surface area contributed by atoms with E-state index in [0.29, 0.717) is 12.8 Å². The molecule has 0 amide bonds. The molecule has 3 heteroatoms. The van der Waals surface area contributed by atoms with Crippen molar-refractivity contribution in [3.05, 3.63) is 0 Å². The summed E-state index contributed by atoms with van der Waals surface area (Å²) in [6, 6.07) is 1.49. The van der Waals surface area contributed by atoms with Crippen molar-refractivity contribution in [1.82, 2.24) is 0 Å². The van der Waals surface area contributed by atoms with Crippen LogP contribution in [0.4, 0.5) is 4.39 Å². The van der Waals surface area contributed by atoms with Gasteiger partial charge < -0.3 is 5.11 Å². The first kappa shape index (κ1) is 6.50. The third kappa shape index (κ3) is 0.903. The molecule has 0 heterocycles. The van der Waals surface area contributed by atoms with Gasteiger partial charge in [0.15, 0.2) is 6.10 Å². The Morgan fingerprint density at radius 3 is 2.33 bits per heavy atom. The van der Waals surface area contributed by atoms with Gasteiger partial charge in [-0.25, -0.2) is 4.39 Å². The first-order valence-corrected chi connectivity index (χ1v) is 2.96. The van der Waals surface area contributed by atoms with Gasteiger partial charge in [-0.3, -0.25) is 0 Å². The number of alkyl halides is 1. The van der Waals surface area contributed by atoms with E-state index in [1.165, 1.54) is 6.07 Å². The topological polar surface area (TPSA) is 44.0 Å². The predicted octanol–water partition coefficient (Wildman–Crippen LogP) is 0.763. The van der Waals surface area contributed by atoms with Gasteiger partial charge in [0.25, 0.3) is 0 Å². The molecule has 1 aliphatic rings. The Labute approximate surface area is 52.9 Å². The lowest BCUT2D eigenvalue weighted by molar-refractivity contribution is -0.0343. The van der Waals surface area contributed by atoms with Crippen molar-refractivity contribution in [2.24, 2.45) is 0 Å². The van der Waals surface area contributed by atoms with E-state index in [-0.39, 0.29) is 0 Å². The van der Waals surface area contributed by atoms with Crippen LogP contribution in [0.1, 0.15) is 19.3 Å². The quantitative estimate of drug-likeness (QED) is 0.531. The first-order valence-electron chi connectivity index (χ1n) is 2.96. The average molecular weight is 129 g/mol. The summed E-state index contributed by atoms with van der Waals surface area (Å²) < 4.78 is 12.8. The minimum absolute atomic E-state index is 0.335. The maximum atomic E-state index is 12.8. The molecular weight excluding hydrogens is 121 g/mol. The van der Waals surface area contributed by atoms with E-state index in [1.807, 2.05) is 0 Å². The molecule has 1 N–H and O–H groups in total. The molecule has 0 aromatic carbocycles. The van der Waals surface area contributed by atoms with Crippen molar-refractivity contribution in [3.8, 4) is 6.07 Å². The van der Waals surface area contributed by atoms with Crippen molar-refractivity contribution in [2.75, 3.05) is 0 Å². The number of aliphatic hydroxyl groups excluding tert-OH is 1. The fraction of sp³-hybridized carbons (Fsp3) is 0.833. The average Bonchev–Trinajstić information content (AvgIpc) is 1.81. The number of hydrogen-bond donors (Lipinski definition) is 1. The van der Waals surface area contributed by atoms with Gasteiger partial charge in [-0.05, 0) is 19.3 Å². The largest absolute Gasteiger partial charge is 0.375 e. The van der Waals surface area contributed by atoms with Gasteiger partial charge in [0.05, 0.1) is 6.07 Å². The molecule has 1 fully saturated rings. The molecule has 0 aromatic heterocycles. The summed E-state index contributed by atoms with van der Waals surface area (Å²) in [5, 5.41) is 16.8. The number of rotatable bonds is 1. The van der Waals surface area contributed by atoms with Crippen molar-refractivity contribution in [3.63, 3.8) is 0 Å². The monoisotopic (exact) mass is 129 g/mol. The van der Waals surface area contributed by atoms with E-state index >= 15 is 0 Å². The van der Waals surface area contributed by atoms with E-state index in [4.69, 9.17) is 10.4 Å². The Balaban J connectivity index is 2.51. The maximum Gasteiger partial charge on any atom is 0.174 e. The number of nitrogens with zero attached hydrogens (tertiary/aromatic N) is 1. The van der Waals surface area contributed by atoms with Crippen molar-refractivity contribution in [2.45, 2.75) is 31.0 Å². The standard InChI is InChI=1S/C6H8FNO/c7-6(2-1-3-6)5(9)4-8/h5,9H,1-3H2. The summed E-state index contributed by atoms with van der Waals surface area (Å²) in [5.41, 5.74) is -1.57. The molecular formula is C6H8FNO. The van der Waals surface area contributed by atoms with Crippen molar-refractivity contribution < 1.29 is 9.50 Å². The summed E-state index contributed by atoms with van der Waals surface area (Å²) in [6.45, 7) is 0. The highest BCUT2D eigenvalue weighted by molar-refractivity contribution is 5.04. The van der Waals surface area contributed by atoms with Crippen LogP contribution in [0.5, 0.6) is 0 Å². The molecule has 9 heavy (non-hydrogen) atoms. The van der Waals surface area contributed by atoms with Gasteiger partial charge in [0, 0.05) is 0 Å². The van der Waals surface area contributed by atoms with Crippen LogP contribution in [-0.2, 0) is 0 Å². The summed E-state index contributed by atoms with van der Waals surface area (Å²) in [6.07, 6.45) is 0.0462. The molecule has 2 nitrogen and oxygen atoms in total. The second-order valence-corrected chi connectivity index (χ2v) is 2.42. The number of nitriles is 1. The summed E-state index contributed by atoms with van der Waals surface area (Å²) in [7, 11) is 0. The van der Waals surface area contributed by atoms with E-state index in [9.17, 15) is 4.39 Å². The Morgan fingerprint density at radius 2 is 2.22 bits per heavy atom. The van der Waals surface area contributed by atoms with Gasteiger partial charge in [-0.1, -0.05) is 0 Å². The molecule has 0 bridgehead atoms. The van der Waals surface area contributed by atoms with Crippen LogP contribution in [0.15, 0.2) is 0 Å². The van der Waals surface area contributed by atoms with Crippen LogP contribution >= 0.6 is 0 Å². The molecule has 1 aliphatic carbocycles. The van der Waals surface area contributed by atoms with Gasteiger partial charge in [0.1, 0.15) is 5.67 Å². The second kappa shape index (κ2) is 1.96. The van der Waals surface area contributed by atoms with Crippen molar-refractivity contribution >= 4 is 0 Å². The Hall–Kier alpha value is -0.620. The molecule has 1 saturated carbocycles. The third-order valence-corrected chi connectivity index (χ3v) is 1.80. The number of aliphatic hydroxyl groups is 1. The minimum atomic E-state index is -1.57. The fourth-order valence-electron chi connectivity index (χ4n) is 0.904. The highest BCUT2D eigenvalue weighted by atomic mass is 19.1. The van der Waals surface area contributed by atoms with E-state index in [2.05, 4.69) is 0 Å². The molecule has 1 atom stereocenters. The molecule has 50 valence electrons. The van der Waals surface area contributed by atoms with Crippen LogP contribution in [0.25, 0.3) is 0 Å². The number of halogens is 1. The molecule has 1 rings (SSSR count). The van der Waals surface area contributed by atoms with Gasteiger partial charge in [-0.2, -0.15) is 5.26 Å². The summed E-state index contributed by atoms with van der Waals surface area (Å²) >= 11 is 0. The zero-order valence-corrected chi connectivity index (χ0v) is 4.97. The van der Waals surface area contributed by atoms with E-state index in [1.54, 1.807) is 0 Å². The van der Waals surface area contributed by atoms with E-state index in [0.717, 1.165) is 6.42 Å². The van der Waals surface area contributed by atoms with Crippen LogP contribution in [-0.4, -0.2) is 16.9 Å². The summed E-state index contributed by atoms with van der Waals surface area (Å²) in [5.74, 6) is 0. The van der Waals surface area contributed by atoms with Crippen LogP contribution in [0, 0.1) is 11.3 Å². The maximum absolute atomic E-state index is 12.8. The summed E-state index contributed by atoms with van der Waals surface area (Å²) in [4.78, 5) is 0. The van der Waals surface area contributed by atoms with Crippen LogP contribution < -0.4 is 0 Å². The molecule has 0 aliphatic heterocycles. The molecule has 0 aromatic rings. The fourth-order valence-corrected chi connectivity index (χ4v) is 0.904. The lowest BCUT2D eigenvalue weighted by atomic mass is 9.78. The Morgan fingerprint density at radius 1 is 1.67 bits per heavy atom. The second-order valence-electron chi connectivity index (χ2n) is 2.42. The normalized spacial score (nSPS) is 25.9. The highest BCUT2D eigenvalue weighted by Crippen LogP contribution is 2.38. The van der Waals surface area contributed by atoms with E-state index < -0.39 is 11.8 Å². The molecule has 1 unspecified atom stereocenters. The van der Waals surface area contributed by atoms with Gasteiger partial charge >= 0.3 is 0 Å². The lowest BCUT2D eigenvalue weighted by Crippen LogP contribution is -2.43. The Bertz CT molecular complexity index is 148. The highest BCUT2D eigenvalue weighted by Gasteiger charge is 2.44. The predicted molar refractivity (Wildman–Crippen MR) is 29.3 cm³/mol. The molecule has 0 spiro atoms. The first-order chi connectivity index (χ1) is 4.19. The van der Waals surface area contributed by atoms with Gasteiger partial charge in [0.2, 0.25) is 0 Å². The zero-order chi connectivity index (χ0) is 6.91. The number of hydrogen-bond acceptors (Lipinski definition) is 2.